The molecule has 5 nitrogen and oxygen atoms in total. The lowest BCUT2D eigenvalue weighted by Crippen LogP contribution is -2.23. The molecule has 2 heterocycles. The van der Waals surface area contributed by atoms with Crippen LogP contribution in [0.25, 0.3) is 0 Å². The molecule has 1 atom stereocenters. The largest absolute Gasteiger partial charge is 0.420 e. The van der Waals surface area contributed by atoms with Crippen molar-refractivity contribution in [3.63, 3.8) is 0 Å². The van der Waals surface area contributed by atoms with Crippen LogP contribution in [0.3, 0.4) is 0 Å². The van der Waals surface area contributed by atoms with E-state index in [4.69, 9.17) is 10.5 Å². The van der Waals surface area contributed by atoms with Crippen molar-refractivity contribution in [2.45, 2.75) is 37.0 Å². The van der Waals surface area contributed by atoms with E-state index in [0.717, 1.165) is 16.8 Å². The fraction of sp³-hybridized carbons (Fsp3) is 0.333. The number of nitriles is 1. The number of benzene rings is 1. The van der Waals surface area contributed by atoms with E-state index in [1.165, 1.54) is 4.90 Å². The summed E-state index contributed by atoms with van der Waals surface area (Å²) in [6.45, 7) is 6.30. The molecule has 3 N–H and O–H groups in total. The first-order valence-electron chi connectivity index (χ1n) is 7.67. The van der Waals surface area contributed by atoms with Gasteiger partial charge in [-0.15, -0.1) is 16.9 Å². The summed E-state index contributed by atoms with van der Waals surface area (Å²) in [6.07, 6.45) is 2.04. The molecule has 1 aliphatic rings. The fourth-order valence-electron chi connectivity index (χ4n) is 2.95. The van der Waals surface area contributed by atoms with Crippen LogP contribution in [0.2, 0.25) is 0 Å². The van der Waals surface area contributed by atoms with E-state index in [-0.39, 0.29) is 17.2 Å². The quantitative estimate of drug-likeness (QED) is 0.815. The van der Waals surface area contributed by atoms with Crippen molar-refractivity contribution in [2.75, 3.05) is 6.26 Å². The summed E-state index contributed by atoms with van der Waals surface area (Å²) in [5.41, 5.74) is 9.10. The van der Waals surface area contributed by atoms with Gasteiger partial charge in [0.15, 0.2) is 0 Å². The Balaban J connectivity index is 2.22. The number of ether oxygens (including phenoxy) is 1. The summed E-state index contributed by atoms with van der Waals surface area (Å²) in [5.74, 6) is 0.300. The number of H-pyrrole nitrogens is 1. The molecule has 1 aliphatic heterocycles. The number of nitrogens with one attached hydrogen (secondary N) is 1. The van der Waals surface area contributed by atoms with Gasteiger partial charge >= 0.3 is 0 Å². The van der Waals surface area contributed by atoms with E-state index >= 15 is 0 Å². The van der Waals surface area contributed by atoms with Crippen molar-refractivity contribution in [3.05, 3.63) is 52.5 Å². The van der Waals surface area contributed by atoms with Gasteiger partial charge in [0.05, 0.1) is 11.5 Å². The number of nitrogens with two attached hydrogens (primary N) is 1. The van der Waals surface area contributed by atoms with Crippen LogP contribution in [0.1, 0.15) is 43.5 Å². The van der Waals surface area contributed by atoms with E-state index in [0.29, 0.717) is 11.5 Å². The molecular formula is C18H20N4OS. The summed E-state index contributed by atoms with van der Waals surface area (Å²) in [7, 11) is 0. The second-order valence-electron chi connectivity index (χ2n) is 6.77. The number of hydrogen-bond donors (Lipinski definition) is 2. The topological polar surface area (TPSA) is 87.7 Å². The van der Waals surface area contributed by atoms with Gasteiger partial charge in [0.25, 0.3) is 0 Å². The van der Waals surface area contributed by atoms with Gasteiger partial charge in [0.1, 0.15) is 11.6 Å². The molecule has 0 saturated carbocycles. The van der Waals surface area contributed by atoms with Gasteiger partial charge in [-0.1, -0.05) is 32.9 Å². The molecule has 3 rings (SSSR count). The first kappa shape index (κ1) is 16.5. The average Bonchev–Trinajstić information content (AvgIpc) is 2.97. The maximum atomic E-state index is 9.65. The number of hydrogen-bond acceptors (Lipinski definition) is 5. The van der Waals surface area contributed by atoms with Crippen molar-refractivity contribution < 1.29 is 4.74 Å². The molecular weight excluding hydrogens is 320 g/mol. The highest BCUT2D eigenvalue weighted by atomic mass is 32.2. The van der Waals surface area contributed by atoms with E-state index < -0.39 is 0 Å². The molecule has 0 spiro atoms. The molecule has 0 fully saturated rings. The summed E-state index contributed by atoms with van der Waals surface area (Å²) < 4.78 is 5.60. The Bertz CT molecular complexity index is 837. The van der Waals surface area contributed by atoms with Crippen LogP contribution in [0.4, 0.5) is 0 Å². The molecule has 24 heavy (non-hydrogen) atoms. The first-order chi connectivity index (χ1) is 11.4. The maximum Gasteiger partial charge on any atom is 0.244 e. The van der Waals surface area contributed by atoms with Gasteiger partial charge in [0, 0.05) is 16.0 Å². The maximum absolute atomic E-state index is 9.65. The highest BCUT2D eigenvalue weighted by Crippen LogP contribution is 2.45. The van der Waals surface area contributed by atoms with E-state index in [1.807, 2.05) is 18.4 Å². The lowest BCUT2D eigenvalue weighted by molar-refractivity contribution is 0.378. The number of fused-ring (bicyclic) bond motifs is 1. The van der Waals surface area contributed by atoms with Crippen molar-refractivity contribution in [1.29, 1.82) is 5.26 Å². The standard InChI is InChI=1S/C18H20N4OS/c1-18(2,3)15-14-13(10-5-7-11(24-4)8-6-10)12(9-19)16(20)23-17(14)22-21-15/h5-8,13H,20H2,1-4H3,(H,21,22)/t13-/m1/s1. The molecule has 0 bridgehead atoms. The Morgan fingerprint density at radius 1 is 1.29 bits per heavy atom. The molecule has 1 aromatic heterocycles. The van der Waals surface area contributed by atoms with Gasteiger partial charge < -0.3 is 10.5 Å². The summed E-state index contributed by atoms with van der Waals surface area (Å²) >= 11 is 1.68. The number of nitrogens with zero attached hydrogens (tertiary/aromatic N) is 2. The second-order valence-corrected chi connectivity index (χ2v) is 7.65. The SMILES string of the molecule is CSc1ccc([C@@H]2C(C#N)=C(N)Oc3n[nH]c(C(C)(C)C)c32)cc1. The second kappa shape index (κ2) is 5.91. The summed E-state index contributed by atoms with van der Waals surface area (Å²) in [6, 6.07) is 10.4. The van der Waals surface area contributed by atoms with Crippen LogP contribution < -0.4 is 10.5 Å². The first-order valence-corrected chi connectivity index (χ1v) is 8.89. The van der Waals surface area contributed by atoms with Gasteiger partial charge in [0.2, 0.25) is 11.8 Å². The molecule has 2 aromatic rings. The zero-order valence-electron chi connectivity index (χ0n) is 14.2. The van der Waals surface area contributed by atoms with Gasteiger partial charge in [-0.3, -0.25) is 5.10 Å². The third-order valence-electron chi connectivity index (χ3n) is 4.14. The van der Waals surface area contributed by atoms with E-state index in [2.05, 4.69) is 49.2 Å². The number of allylic oxidation sites excluding steroid dienone is 1. The fourth-order valence-corrected chi connectivity index (χ4v) is 3.35. The van der Waals surface area contributed by atoms with Crippen molar-refractivity contribution in [3.8, 4) is 11.9 Å². The number of aromatic amines is 1. The minimum atomic E-state index is -0.275. The highest BCUT2D eigenvalue weighted by molar-refractivity contribution is 7.98. The Kier molecular flexibility index (Phi) is 4.06. The number of rotatable bonds is 2. The predicted molar refractivity (Wildman–Crippen MR) is 94.8 cm³/mol. The van der Waals surface area contributed by atoms with Crippen molar-refractivity contribution in [1.82, 2.24) is 10.2 Å². The number of aromatic nitrogens is 2. The van der Waals surface area contributed by atoms with E-state index in [1.54, 1.807) is 11.8 Å². The lowest BCUT2D eigenvalue weighted by atomic mass is 9.79. The minimum absolute atomic E-state index is 0.121. The third kappa shape index (κ3) is 2.65. The molecule has 6 heteroatoms. The Morgan fingerprint density at radius 3 is 2.50 bits per heavy atom. The highest BCUT2D eigenvalue weighted by Gasteiger charge is 2.37. The smallest absolute Gasteiger partial charge is 0.244 e. The Labute approximate surface area is 145 Å². The predicted octanol–water partition coefficient (Wildman–Crippen LogP) is 3.65. The molecule has 0 radical (unpaired) electrons. The molecule has 0 aliphatic carbocycles. The van der Waals surface area contributed by atoms with Crippen molar-refractivity contribution >= 4 is 11.8 Å². The number of thioether (sulfide) groups is 1. The molecule has 124 valence electrons. The zero-order valence-corrected chi connectivity index (χ0v) is 15.0. The van der Waals surface area contributed by atoms with Crippen LogP contribution in [-0.2, 0) is 5.41 Å². The zero-order chi connectivity index (χ0) is 17.5. The van der Waals surface area contributed by atoms with E-state index in [9.17, 15) is 5.26 Å². The molecule has 0 unspecified atom stereocenters. The van der Waals surface area contributed by atoms with Crippen LogP contribution in [-0.4, -0.2) is 16.5 Å². The monoisotopic (exact) mass is 340 g/mol. The van der Waals surface area contributed by atoms with Gasteiger partial charge in [-0.2, -0.15) is 5.26 Å². The Hall–Kier alpha value is -2.39. The van der Waals surface area contributed by atoms with Crippen molar-refractivity contribution in [2.24, 2.45) is 5.73 Å². The van der Waals surface area contributed by atoms with Crippen LogP contribution in [0, 0.1) is 11.3 Å². The average molecular weight is 340 g/mol. The van der Waals surface area contributed by atoms with Gasteiger partial charge in [-0.05, 0) is 24.0 Å². The molecule has 0 amide bonds. The normalized spacial score (nSPS) is 17.2. The minimum Gasteiger partial charge on any atom is -0.420 e. The Morgan fingerprint density at radius 2 is 1.96 bits per heavy atom. The van der Waals surface area contributed by atoms with Crippen LogP contribution >= 0.6 is 11.8 Å². The molecule has 1 aromatic carbocycles. The lowest BCUT2D eigenvalue weighted by Gasteiger charge is -2.27. The molecule has 0 saturated heterocycles. The van der Waals surface area contributed by atoms with Crippen LogP contribution in [0.5, 0.6) is 5.88 Å². The van der Waals surface area contributed by atoms with Crippen LogP contribution in [0.15, 0.2) is 40.6 Å². The summed E-state index contributed by atoms with van der Waals surface area (Å²) in [4.78, 5) is 1.17. The van der Waals surface area contributed by atoms with Gasteiger partial charge in [-0.25, -0.2) is 0 Å². The summed E-state index contributed by atoms with van der Waals surface area (Å²) in [5, 5.41) is 17.0. The third-order valence-corrected chi connectivity index (χ3v) is 4.88.